The maximum absolute atomic E-state index is 12.8. The molecule has 0 aliphatic rings. The van der Waals surface area contributed by atoms with Crippen LogP contribution in [-0.2, 0) is 11.3 Å². The van der Waals surface area contributed by atoms with Gasteiger partial charge in [0.15, 0.2) is 18.2 Å². The normalized spacial score (nSPS) is 10.8. The molecule has 7 heteroatoms. The maximum Gasteiger partial charge on any atom is 0.327 e. The highest BCUT2D eigenvalue weighted by atomic mass is 19.2. The minimum Gasteiger partial charge on any atom is -0.480 e. The number of hydrogen-bond donors (Lipinski definition) is 1. The Hall–Kier alpha value is -2.05. The van der Waals surface area contributed by atoms with Crippen LogP contribution in [0.15, 0.2) is 12.1 Å². The zero-order chi connectivity index (χ0) is 11.0. The minimum atomic E-state index is -1.13. The maximum atomic E-state index is 12.8. The summed E-state index contributed by atoms with van der Waals surface area (Å²) < 4.78 is 25.5. The number of aromatic nitrogens is 3. The smallest absolute Gasteiger partial charge is 0.327 e. The molecule has 5 nitrogen and oxygen atoms in total. The Morgan fingerprint density at radius 3 is 2.13 bits per heavy atom. The molecule has 2 aromatic rings. The van der Waals surface area contributed by atoms with E-state index in [1.54, 1.807) is 0 Å². The Kier molecular flexibility index (Phi) is 2.07. The van der Waals surface area contributed by atoms with Crippen LogP contribution in [-0.4, -0.2) is 26.1 Å². The lowest BCUT2D eigenvalue weighted by Gasteiger charge is -1.89. The molecule has 0 radical (unpaired) electrons. The first-order valence-electron chi connectivity index (χ1n) is 3.98. The summed E-state index contributed by atoms with van der Waals surface area (Å²) in [6.07, 6.45) is 0. The Bertz CT molecular complexity index is 499. The van der Waals surface area contributed by atoms with Crippen LogP contribution in [0.1, 0.15) is 0 Å². The molecular formula is C8H5F2N3O2. The molecule has 0 aliphatic heterocycles. The minimum absolute atomic E-state index is 0.121. The van der Waals surface area contributed by atoms with Gasteiger partial charge < -0.3 is 5.11 Å². The number of halogens is 2. The predicted octanol–water partition coefficient (Wildman–Crippen LogP) is 0.794. The average molecular weight is 213 g/mol. The van der Waals surface area contributed by atoms with Crippen LogP contribution in [0.2, 0.25) is 0 Å². The summed E-state index contributed by atoms with van der Waals surface area (Å²) in [5.41, 5.74) is 0.241. The molecule has 0 fully saturated rings. The van der Waals surface area contributed by atoms with Gasteiger partial charge in [-0.1, -0.05) is 0 Å². The summed E-state index contributed by atoms with van der Waals surface area (Å²) in [6.45, 7) is -0.447. The van der Waals surface area contributed by atoms with Gasteiger partial charge in [-0.25, -0.2) is 8.78 Å². The molecule has 15 heavy (non-hydrogen) atoms. The Balaban J connectivity index is 2.51. The third kappa shape index (κ3) is 1.76. The van der Waals surface area contributed by atoms with Crippen molar-refractivity contribution in [3.63, 3.8) is 0 Å². The average Bonchev–Trinajstić information content (AvgIpc) is 2.46. The van der Waals surface area contributed by atoms with Gasteiger partial charge in [0.05, 0.1) is 0 Å². The number of aliphatic carboxylic acids is 1. The van der Waals surface area contributed by atoms with Crippen molar-refractivity contribution in [3.05, 3.63) is 23.8 Å². The van der Waals surface area contributed by atoms with Gasteiger partial charge in [-0.2, -0.15) is 15.0 Å². The molecular weight excluding hydrogens is 208 g/mol. The monoisotopic (exact) mass is 213 g/mol. The number of nitrogens with zero attached hydrogens (tertiary/aromatic N) is 3. The van der Waals surface area contributed by atoms with E-state index in [-0.39, 0.29) is 11.0 Å². The van der Waals surface area contributed by atoms with Gasteiger partial charge in [0.2, 0.25) is 0 Å². The van der Waals surface area contributed by atoms with Gasteiger partial charge in [-0.3, -0.25) is 4.79 Å². The van der Waals surface area contributed by atoms with Gasteiger partial charge >= 0.3 is 5.97 Å². The molecule has 0 saturated carbocycles. The van der Waals surface area contributed by atoms with Gasteiger partial charge in [-0.05, 0) is 0 Å². The van der Waals surface area contributed by atoms with Crippen LogP contribution < -0.4 is 0 Å². The van der Waals surface area contributed by atoms with Crippen molar-refractivity contribution < 1.29 is 18.7 Å². The second kappa shape index (κ2) is 3.26. The molecule has 0 unspecified atom stereocenters. The van der Waals surface area contributed by atoms with Crippen LogP contribution in [0.4, 0.5) is 8.78 Å². The number of benzene rings is 1. The molecule has 78 valence electrons. The summed E-state index contributed by atoms with van der Waals surface area (Å²) >= 11 is 0. The van der Waals surface area contributed by atoms with E-state index in [1.807, 2.05) is 0 Å². The fourth-order valence-corrected chi connectivity index (χ4v) is 1.15. The highest BCUT2D eigenvalue weighted by Gasteiger charge is 2.10. The molecule has 0 aliphatic carbocycles. The second-order valence-electron chi connectivity index (χ2n) is 2.88. The molecule has 0 amide bonds. The lowest BCUT2D eigenvalue weighted by molar-refractivity contribution is -0.138. The highest BCUT2D eigenvalue weighted by molar-refractivity contribution is 5.74. The van der Waals surface area contributed by atoms with Crippen LogP contribution in [0, 0.1) is 11.6 Å². The van der Waals surface area contributed by atoms with Gasteiger partial charge in [0.1, 0.15) is 11.0 Å². The van der Waals surface area contributed by atoms with Crippen LogP contribution in [0.3, 0.4) is 0 Å². The summed E-state index contributed by atoms with van der Waals surface area (Å²) in [6, 6.07) is 1.74. The van der Waals surface area contributed by atoms with Gasteiger partial charge in [0, 0.05) is 12.1 Å². The van der Waals surface area contributed by atoms with Crippen molar-refractivity contribution in [1.82, 2.24) is 15.0 Å². The molecule has 0 spiro atoms. The lowest BCUT2D eigenvalue weighted by Crippen LogP contribution is -2.11. The van der Waals surface area contributed by atoms with E-state index in [4.69, 9.17) is 5.11 Å². The topological polar surface area (TPSA) is 68.0 Å². The third-order valence-electron chi connectivity index (χ3n) is 1.74. The first-order valence-corrected chi connectivity index (χ1v) is 3.98. The van der Waals surface area contributed by atoms with Crippen LogP contribution in [0.5, 0.6) is 0 Å². The van der Waals surface area contributed by atoms with Crippen molar-refractivity contribution >= 4 is 17.0 Å². The largest absolute Gasteiger partial charge is 0.480 e. The SMILES string of the molecule is O=C(O)Cn1nc2cc(F)c(F)cc2n1. The summed E-state index contributed by atoms with van der Waals surface area (Å²) in [7, 11) is 0. The number of carboxylic acids is 1. The highest BCUT2D eigenvalue weighted by Crippen LogP contribution is 2.14. The van der Waals surface area contributed by atoms with E-state index in [1.165, 1.54) is 0 Å². The van der Waals surface area contributed by atoms with E-state index >= 15 is 0 Å². The van der Waals surface area contributed by atoms with Crippen molar-refractivity contribution in [1.29, 1.82) is 0 Å². The third-order valence-corrected chi connectivity index (χ3v) is 1.74. The van der Waals surface area contributed by atoms with E-state index in [9.17, 15) is 13.6 Å². The van der Waals surface area contributed by atoms with Crippen LogP contribution in [0.25, 0.3) is 11.0 Å². The molecule has 0 atom stereocenters. The number of carboxylic acid groups (broad SMARTS) is 1. The first-order chi connectivity index (χ1) is 7.06. The predicted molar refractivity (Wildman–Crippen MR) is 45.1 cm³/mol. The molecule has 1 heterocycles. The van der Waals surface area contributed by atoms with Crippen molar-refractivity contribution in [2.24, 2.45) is 0 Å². The quantitative estimate of drug-likeness (QED) is 0.800. The number of rotatable bonds is 2. The molecule has 1 N–H and O–H groups in total. The van der Waals surface area contributed by atoms with Crippen molar-refractivity contribution in [3.8, 4) is 0 Å². The Morgan fingerprint density at radius 1 is 1.27 bits per heavy atom. The zero-order valence-corrected chi connectivity index (χ0v) is 7.31. The first kappa shape index (κ1) is 9.50. The number of fused-ring (bicyclic) bond motifs is 1. The molecule has 2 rings (SSSR count). The van der Waals surface area contributed by atoms with E-state index < -0.39 is 24.1 Å². The standard InChI is InChI=1S/C8H5F2N3O2/c9-4-1-6-7(2-5(4)10)12-13(11-6)3-8(14)15/h1-2H,3H2,(H,14,15). The van der Waals surface area contributed by atoms with E-state index in [2.05, 4.69) is 10.2 Å². The number of hydrogen-bond acceptors (Lipinski definition) is 3. The van der Waals surface area contributed by atoms with Crippen molar-refractivity contribution in [2.45, 2.75) is 6.54 Å². The fourth-order valence-electron chi connectivity index (χ4n) is 1.15. The van der Waals surface area contributed by atoms with Gasteiger partial charge in [0.25, 0.3) is 0 Å². The van der Waals surface area contributed by atoms with E-state index in [0.717, 1.165) is 16.9 Å². The summed E-state index contributed by atoms with van der Waals surface area (Å²) in [5, 5.41) is 15.8. The Labute approximate surface area is 81.9 Å². The summed E-state index contributed by atoms with van der Waals surface area (Å²) in [4.78, 5) is 11.2. The number of carbonyl (C=O) groups is 1. The molecule has 0 bridgehead atoms. The lowest BCUT2D eigenvalue weighted by atomic mass is 10.3. The Morgan fingerprint density at radius 2 is 1.73 bits per heavy atom. The van der Waals surface area contributed by atoms with E-state index in [0.29, 0.717) is 0 Å². The molecule has 1 aromatic carbocycles. The van der Waals surface area contributed by atoms with Gasteiger partial charge in [-0.15, -0.1) is 0 Å². The zero-order valence-electron chi connectivity index (χ0n) is 7.31. The van der Waals surface area contributed by atoms with Crippen molar-refractivity contribution in [2.75, 3.05) is 0 Å². The molecule has 1 aromatic heterocycles. The fraction of sp³-hybridized carbons (Fsp3) is 0.125. The summed E-state index contributed by atoms with van der Waals surface area (Å²) in [5.74, 6) is -3.20. The van der Waals surface area contributed by atoms with Crippen LogP contribution >= 0.6 is 0 Å². The molecule has 0 saturated heterocycles. The second-order valence-corrected chi connectivity index (χ2v) is 2.88.